The number of carbonyl (C=O) groups excluding carboxylic acids is 1. The van der Waals surface area contributed by atoms with Crippen LogP contribution >= 0.6 is 23.2 Å². The van der Waals surface area contributed by atoms with Crippen molar-refractivity contribution in [2.75, 3.05) is 13.2 Å². The molecule has 2 aliphatic rings. The highest BCUT2D eigenvalue weighted by molar-refractivity contribution is 6.31. The monoisotopic (exact) mass is 417 g/mol. The van der Waals surface area contributed by atoms with Crippen LogP contribution in [0.5, 0.6) is 5.75 Å². The lowest BCUT2D eigenvalue weighted by atomic mass is 9.57. The van der Waals surface area contributed by atoms with Crippen molar-refractivity contribution in [2.45, 2.75) is 38.5 Å². The number of fused-ring (bicyclic) bond motifs is 1. The number of halogens is 2. The second-order valence-electron chi connectivity index (χ2n) is 8.07. The van der Waals surface area contributed by atoms with Crippen molar-refractivity contribution in [3.05, 3.63) is 63.6 Å². The maximum atomic E-state index is 12.6. The first kappa shape index (κ1) is 19.6. The number of hydrogen-bond donors (Lipinski definition) is 1. The van der Waals surface area contributed by atoms with Crippen LogP contribution in [0.4, 0.5) is 0 Å². The van der Waals surface area contributed by atoms with E-state index in [0.717, 1.165) is 34.2 Å². The smallest absolute Gasteiger partial charge is 0.226 e. The molecule has 0 aromatic heterocycles. The van der Waals surface area contributed by atoms with E-state index in [1.54, 1.807) is 0 Å². The van der Waals surface area contributed by atoms with Crippen LogP contribution in [-0.2, 0) is 4.79 Å². The molecule has 148 valence electrons. The largest absolute Gasteiger partial charge is 0.494 e. The van der Waals surface area contributed by atoms with Gasteiger partial charge in [0, 0.05) is 16.6 Å². The first-order valence-electron chi connectivity index (χ1n) is 9.90. The lowest BCUT2D eigenvalue weighted by Gasteiger charge is -2.45. The van der Waals surface area contributed by atoms with Crippen molar-refractivity contribution >= 4 is 29.1 Å². The molecular formula is C23H25Cl2NO2. The van der Waals surface area contributed by atoms with Gasteiger partial charge in [-0.05, 0) is 72.9 Å². The van der Waals surface area contributed by atoms with E-state index in [0.29, 0.717) is 13.2 Å². The van der Waals surface area contributed by atoms with Crippen LogP contribution in [0.15, 0.2) is 42.5 Å². The topological polar surface area (TPSA) is 38.3 Å². The molecule has 0 radical (unpaired) electrons. The van der Waals surface area contributed by atoms with Gasteiger partial charge in [-0.25, -0.2) is 0 Å². The predicted octanol–water partition coefficient (Wildman–Crippen LogP) is 5.81. The van der Waals surface area contributed by atoms with Gasteiger partial charge < -0.3 is 10.1 Å². The molecule has 0 bridgehead atoms. The minimum Gasteiger partial charge on any atom is -0.494 e. The lowest BCUT2D eigenvalue weighted by Crippen LogP contribution is -2.41. The second-order valence-corrected chi connectivity index (χ2v) is 8.92. The van der Waals surface area contributed by atoms with Crippen molar-refractivity contribution in [3.63, 3.8) is 0 Å². The van der Waals surface area contributed by atoms with Crippen molar-refractivity contribution in [3.8, 4) is 5.75 Å². The highest BCUT2D eigenvalue weighted by Gasteiger charge is 2.54. The number of benzene rings is 2. The molecule has 1 amide bonds. The van der Waals surface area contributed by atoms with Gasteiger partial charge in [-0.15, -0.1) is 0 Å². The number of nitrogens with one attached hydrogen (secondary N) is 1. The Labute approximate surface area is 176 Å². The summed E-state index contributed by atoms with van der Waals surface area (Å²) in [6, 6.07) is 14.1. The molecule has 1 saturated heterocycles. The molecule has 1 aliphatic heterocycles. The summed E-state index contributed by atoms with van der Waals surface area (Å²) in [5, 5.41) is 4.56. The summed E-state index contributed by atoms with van der Waals surface area (Å²) in [6.07, 6.45) is 1.78. The zero-order chi connectivity index (χ0) is 19.9. The van der Waals surface area contributed by atoms with Crippen LogP contribution in [0, 0.1) is 11.3 Å². The molecule has 1 heterocycles. The number of carbonyl (C=O) groups is 1. The first-order valence-corrected chi connectivity index (χ1v) is 10.7. The van der Waals surface area contributed by atoms with Gasteiger partial charge in [0.05, 0.1) is 12.0 Å². The third kappa shape index (κ3) is 3.29. The standard InChI is InChI=1S/C23H25Cl2NO2/c1-3-28-16-8-9-17(20(25)12-16)18-10-11-23(2)19(13-26-22(23)27)21(18)14-4-6-15(24)7-5-14/h4-9,12,18-19,21H,3,10-11,13H2,1-2H3,(H,26,27). The fraction of sp³-hybridized carbons (Fsp3) is 0.435. The number of rotatable bonds is 4. The summed E-state index contributed by atoms with van der Waals surface area (Å²) in [5.41, 5.74) is 2.01. The molecule has 2 aromatic carbocycles. The molecule has 3 nitrogen and oxygen atoms in total. The van der Waals surface area contributed by atoms with E-state index in [1.165, 1.54) is 5.56 Å². The predicted molar refractivity (Wildman–Crippen MR) is 113 cm³/mol. The summed E-state index contributed by atoms with van der Waals surface area (Å²) in [7, 11) is 0. The summed E-state index contributed by atoms with van der Waals surface area (Å²) in [5.74, 6) is 1.63. The molecule has 1 saturated carbocycles. The average Bonchev–Trinajstić information content (AvgIpc) is 2.98. The van der Waals surface area contributed by atoms with Gasteiger partial charge in [-0.1, -0.05) is 48.3 Å². The van der Waals surface area contributed by atoms with E-state index >= 15 is 0 Å². The number of hydrogen-bond acceptors (Lipinski definition) is 2. The summed E-state index contributed by atoms with van der Waals surface area (Å²) in [4.78, 5) is 12.6. The van der Waals surface area contributed by atoms with Crippen molar-refractivity contribution in [2.24, 2.45) is 11.3 Å². The van der Waals surface area contributed by atoms with Crippen LogP contribution in [0.2, 0.25) is 10.0 Å². The maximum absolute atomic E-state index is 12.6. The first-order chi connectivity index (χ1) is 13.4. The van der Waals surface area contributed by atoms with Crippen LogP contribution in [-0.4, -0.2) is 19.1 Å². The highest BCUT2D eigenvalue weighted by Crippen LogP contribution is 2.57. The minimum atomic E-state index is -0.335. The fourth-order valence-corrected chi connectivity index (χ4v) is 5.54. The van der Waals surface area contributed by atoms with Crippen LogP contribution in [0.3, 0.4) is 0 Å². The van der Waals surface area contributed by atoms with Gasteiger partial charge >= 0.3 is 0 Å². The zero-order valence-electron chi connectivity index (χ0n) is 16.2. The minimum absolute atomic E-state index is 0.174. The lowest BCUT2D eigenvalue weighted by molar-refractivity contribution is -0.129. The van der Waals surface area contributed by atoms with Crippen LogP contribution in [0.25, 0.3) is 0 Å². The van der Waals surface area contributed by atoms with E-state index in [1.807, 2.05) is 31.2 Å². The Kier molecular flexibility index (Phi) is 5.32. The SMILES string of the molecule is CCOc1ccc(C2CCC3(C)C(=O)NCC3C2c2ccc(Cl)cc2)c(Cl)c1. The Bertz CT molecular complexity index is 883. The van der Waals surface area contributed by atoms with E-state index in [9.17, 15) is 4.79 Å². The zero-order valence-corrected chi connectivity index (χ0v) is 17.7. The molecule has 1 aliphatic carbocycles. The Morgan fingerprint density at radius 1 is 1.18 bits per heavy atom. The normalized spacial score (nSPS) is 29.3. The third-order valence-electron chi connectivity index (χ3n) is 6.60. The van der Waals surface area contributed by atoms with E-state index in [4.69, 9.17) is 27.9 Å². The van der Waals surface area contributed by atoms with Gasteiger partial charge in [-0.3, -0.25) is 4.79 Å². The summed E-state index contributed by atoms with van der Waals surface area (Å²) >= 11 is 12.8. The molecule has 4 unspecified atom stereocenters. The van der Waals surface area contributed by atoms with E-state index in [-0.39, 0.29) is 29.1 Å². The molecule has 4 atom stereocenters. The van der Waals surface area contributed by atoms with Crippen LogP contribution in [0.1, 0.15) is 49.7 Å². The molecule has 1 N–H and O–H groups in total. The third-order valence-corrected chi connectivity index (χ3v) is 7.18. The Morgan fingerprint density at radius 3 is 2.61 bits per heavy atom. The van der Waals surface area contributed by atoms with Gasteiger partial charge in [0.15, 0.2) is 0 Å². The molecule has 2 aromatic rings. The molecule has 0 spiro atoms. The van der Waals surface area contributed by atoms with Gasteiger partial charge in [0.25, 0.3) is 0 Å². The molecule has 28 heavy (non-hydrogen) atoms. The summed E-state index contributed by atoms with van der Waals surface area (Å²) < 4.78 is 5.60. The Morgan fingerprint density at radius 2 is 1.93 bits per heavy atom. The number of ether oxygens (including phenoxy) is 1. The molecule has 4 rings (SSSR count). The van der Waals surface area contributed by atoms with Crippen molar-refractivity contribution < 1.29 is 9.53 Å². The highest BCUT2D eigenvalue weighted by atomic mass is 35.5. The maximum Gasteiger partial charge on any atom is 0.226 e. The van der Waals surface area contributed by atoms with E-state index < -0.39 is 0 Å². The van der Waals surface area contributed by atoms with Gasteiger partial charge in [-0.2, -0.15) is 0 Å². The molecule has 5 heteroatoms. The van der Waals surface area contributed by atoms with Crippen molar-refractivity contribution in [1.82, 2.24) is 5.32 Å². The second kappa shape index (κ2) is 7.61. The van der Waals surface area contributed by atoms with E-state index in [2.05, 4.69) is 30.4 Å². The van der Waals surface area contributed by atoms with Gasteiger partial charge in [0.1, 0.15) is 5.75 Å². The Balaban J connectivity index is 1.77. The average molecular weight is 418 g/mol. The van der Waals surface area contributed by atoms with Gasteiger partial charge in [0.2, 0.25) is 5.91 Å². The quantitative estimate of drug-likeness (QED) is 0.681. The number of amides is 1. The van der Waals surface area contributed by atoms with Crippen LogP contribution < -0.4 is 10.1 Å². The summed E-state index contributed by atoms with van der Waals surface area (Å²) in [6.45, 7) is 5.39. The fourth-order valence-electron chi connectivity index (χ4n) is 5.10. The Hall–Kier alpha value is -1.71. The van der Waals surface area contributed by atoms with Crippen molar-refractivity contribution in [1.29, 1.82) is 0 Å². The molecule has 2 fully saturated rings. The molecular weight excluding hydrogens is 393 g/mol.